The monoisotopic (exact) mass is 232 g/mol. The molecule has 0 aliphatic heterocycles. The minimum Gasteiger partial charge on any atom is -0.379 e. The highest BCUT2D eigenvalue weighted by molar-refractivity contribution is 5.58. The number of ether oxygens (including phenoxy) is 1. The molecule has 0 atom stereocenters. The topological polar surface area (TPSA) is 36.3 Å². The number of nitriles is 1. The van der Waals surface area contributed by atoms with Crippen LogP contribution >= 0.6 is 0 Å². The van der Waals surface area contributed by atoms with Crippen LogP contribution in [0.15, 0.2) is 24.3 Å². The number of rotatable bonds is 5. The molecule has 3 nitrogen and oxygen atoms in total. The Morgan fingerprint density at radius 2 is 2.00 bits per heavy atom. The summed E-state index contributed by atoms with van der Waals surface area (Å²) in [6.45, 7) is 4.99. The molecule has 0 aliphatic rings. The van der Waals surface area contributed by atoms with Gasteiger partial charge < -0.3 is 9.64 Å². The molecule has 17 heavy (non-hydrogen) atoms. The van der Waals surface area contributed by atoms with E-state index in [1.165, 1.54) is 0 Å². The number of hydrogen-bond donors (Lipinski definition) is 0. The van der Waals surface area contributed by atoms with Gasteiger partial charge in [-0.15, -0.1) is 0 Å². The predicted octanol–water partition coefficient (Wildman–Crippen LogP) is 2.81. The van der Waals surface area contributed by atoms with E-state index in [4.69, 9.17) is 10.00 Å². The fourth-order valence-electron chi connectivity index (χ4n) is 1.56. The van der Waals surface area contributed by atoms with Gasteiger partial charge in [-0.25, -0.2) is 0 Å². The molecule has 92 valence electrons. The molecule has 0 saturated heterocycles. The minimum atomic E-state index is -0.129. The first kappa shape index (κ1) is 13.5. The van der Waals surface area contributed by atoms with Crippen molar-refractivity contribution in [2.24, 2.45) is 0 Å². The maximum absolute atomic E-state index is 9.04. The third kappa shape index (κ3) is 3.76. The lowest BCUT2D eigenvalue weighted by atomic mass is 10.0. The molecule has 0 bridgehead atoms. The minimum absolute atomic E-state index is 0.129. The SMILES string of the molecule is COC(C)(C)CCN(C)c1ccccc1C#N. The van der Waals surface area contributed by atoms with Crippen LogP contribution in [0.25, 0.3) is 0 Å². The van der Waals surface area contributed by atoms with Crippen LogP contribution in [0.4, 0.5) is 5.69 Å². The molecule has 0 unspecified atom stereocenters. The number of hydrogen-bond acceptors (Lipinski definition) is 3. The van der Waals surface area contributed by atoms with Crippen LogP contribution in [0.3, 0.4) is 0 Å². The Hall–Kier alpha value is -1.53. The van der Waals surface area contributed by atoms with Crippen LogP contribution < -0.4 is 4.90 Å². The number of nitrogens with zero attached hydrogens (tertiary/aromatic N) is 2. The zero-order chi connectivity index (χ0) is 12.9. The van der Waals surface area contributed by atoms with Crippen molar-refractivity contribution >= 4 is 5.69 Å². The average Bonchev–Trinajstić information content (AvgIpc) is 2.36. The van der Waals surface area contributed by atoms with Crippen LogP contribution in [0, 0.1) is 11.3 Å². The molecule has 0 heterocycles. The number of anilines is 1. The first-order valence-electron chi connectivity index (χ1n) is 5.75. The average molecular weight is 232 g/mol. The summed E-state index contributed by atoms with van der Waals surface area (Å²) in [4.78, 5) is 2.10. The summed E-state index contributed by atoms with van der Waals surface area (Å²) in [6.07, 6.45) is 0.916. The molecule has 0 amide bonds. The highest BCUT2D eigenvalue weighted by Crippen LogP contribution is 2.20. The van der Waals surface area contributed by atoms with Crippen molar-refractivity contribution in [3.05, 3.63) is 29.8 Å². The van der Waals surface area contributed by atoms with Crippen LogP contribution in [-0.2, 0) is 4.74 Å². The zero-order valence-electron chi connectivity index (χ0n) is 11.0. The van der Waals surface area contributed by atoms with Gasteiger partial charge >= 0.3 is 0 Å². The van der Waals surface area contributed by atoms with Crippen molar-refractivity contribution in [1.82, 2.24) is 0 Å². The molecule has 0 saturated carbocycles. The summed E-state index contributed by atoms with van der Waals surface area (Å²) in [6, 6.07) is 9.86. The lowest BCUT2D eigenvalue weighted by molar-refractivity contribution is 0.0174. The summed E-state index contributed by atoms with van der Waals surface area (Å²) >= 11 is 0. The van der Waals surface area contributed by atoms with Crippen molar-refractivity contribution in [2.45, 2.75) is 25.9 Å². The van der Waals surface area contributed by atoms with E-state index in [1.54, 1.807) is 7.11 Å². The molecular weight excluding hydrogens is 212 g/mol. The van der Waals surface area contributed by atoms with Crippen LogP contribution in [0.2, 0.25) is 0 Å². The van der Waals surface area contributed by atoms with E-state index >= 15 is 0 Å². The molecule has 1 aromatic rings. The highest BCUT2D eigenvalue weighted by Gasteiger charge is 2.17. The van der Waals surface area contributed by atoms with Crippen LogP contribution in [0.1, 0.15) is 25.8 Å². The quantitative estimate of drug-likeness (QED) is 0.783. The summed E-state index contributed by atoms with van der Waals surface area (Å²) in [5.74, 6) is 0. The molecule has 0 N–H and O–H groups in total. The van der Waals surface area contributed by atoms with Gasteiger partial charge in [0, 0.05) is 20.7 Å². The maximum Gasteiger partial charge on any atom is 0.101 e. The normalized spacial score (nSPS) is 11.0. The predicted molar refractivity (Wildman–Crippen MR) is 70.1 cm³/mol. The smallest absolute Gasteiger partial charge is 0.101 e. The highest BCUT2D eigenvalue weighted by atomic mass is 16.5. The summed E-state index contributed by atoms with van der Waals surface area (Å²) in [7, 11) is 3.73. The van der Waals surface area contributed by atoms with E-state index in [1.807, 2.05) is 31.3 Å². The van der Waals surface area contributed by atoms with Gasteiger partial charge in [0.2, 0.25) is 0 Å². The first-order chi connectivity index (χ1) is 8.00. The van der Waals surface area contributed by atoms with Gasteiger partial charge in [-0.05, 0) is 32.4 Å². The first-order valence-corrected chi connectivity index (χ1v) is 5.75. The van der Waals surface area contributed by atoms with E-state index in [0.717, 1.165) is 18.7 Å². The summed E-state index contributed by atoms with van der Waals surface area (Å²) in [5, 5.41) is 9.04. The molecule has 0 aromatic heterocycles. The Morgan fingerprint density at radius 3 is 2.59 bits per heavy atom. The van der Waals surface area contributed by atoms with Gasteiger partial charge in [-0.1, -0.05) is 12.1 Å². The fourth-order valence-corrected chi connectivity index (χ4v) is 1.56. The maximum atomic E-state index is 9.04. The third-order valence-corrected chi connectivity index (χ3v) is 3.04. The Bertz CT molecular complexity index is 407. The summed E-state index contributed by atoms with van der Waals surface area (Å²) < 4.78 is 5.39. The van der Waals surface area contributed by atoms with Crippen molar-refractivity contribution in [2.75, 3.05) is 25.6 Å². The number of methoxy groups -OCH3 is 1. The standard InChI is InChI=1S/C14H20N2O/c1-14(2,17-4)9-10-16(3)13-8-6-5-7-12(13)11-15/h5-8H,9-10H2,1-4H3. The third-order valence-electron chi connectivity index (χ3n) is 3.04. The van der Waals surface area contributed by atoms with Gasteiger partial charge in [0.05, 0.1) is 16.9 Å². The Balaban J connectivity index is 2.71. The van der Waals surface area contributed by atoms with Crippen molar-refractivity contribution in [3.63, 3.8) is 0 Å². The van der Waals surface area contributed by atoms with Crippen molar-refractivity contribution < 1.29 is 4.74 Å². The fraction of sp³-hybridized carbons (Fsp3) is 0.500. The van der Waals surface area contributed by atoms with E-state index < -0.39 is 0 Å². The van der Waals surface area contributed by atoms with Gasteiger partial charge in [0.15, 0.2) is 0 Å². The zero-order valence-corrected chi connectivity index (χ0v) is 11.0. The molecule has 0 fully saturated rings. The molecule has 0 aliphatic carbocycles. The van der Waals surface area contributed by atoms with E-state index in [0.29, 0.717) is 5.56 Å². The van der Waals surface area contributed by atoms with E-state index in [-0.39, 0.29) is 5.60 Å². The second-order valence-electron chi connectivity index (χ2n) is 4.76. The molecule has 0 spiro atoms. The van der Waals surface area contributed by atoms with Gasteiger partial charge in [0.1, 0.15) is 6.07 Å². The molecular formula is C14H20N2O. The Kier molecular flexibility index (Phi) is 4.53. The lowest BCUT2D eigenvalue weighted by Gasteiger charge is -2.27. The van der Waals surface area contributed by atoms with Gasteiger partial charge in [0.25, 0.3) is 0 Å². The van der Waals surface area contributed by atoms with Crippen molar-refractivity contribution in [3.8, 4) is 6.07 Å². The van der Waals surface area contributed by atoms with Crippen LogP contribution in [-0.4, -0.2) is 26.3 Å². The van der Waals surface area contributed by atoms with E-state index in [2.05, 4.69) is 24.8 Å². The second kappa shape index (κ2) is 5.70. The number of para-hydroxylation sites is 1. The van der Waals surface area contributed by atoms with Crippen LogP contribution in [0.5, 0.6) is 0 Å². The lowest BCUT2D eigenvalue weighted by Crippen LogP contribution is -2.30. The molecule has 1 rings (SSSR count). The van der Waals surface area contributed by atoms with Crippen molar-refractivity contribution in [1.29, 1.82) is 5.26 Å². The summed E-state index contributed by atoms with van der Waals surface area (Å²) in [5.41, 5.74) is 1.56. The Morgan fingerprint density at radius 1 is 1.35 bits per heavy atom. The Labute approximate surface area is 104 Å². The second-order valence-corrected chi connectivity index (χ2v) is 4.76. The largest absolute Gasteiger partial charge is 0.379 e. The number of benzene rings is 1. The van der Waals surface area contributed by atoms with Gasteiger partial charge in [-0.3, -0.25) is 0 Å². The molecule has 1 aromatic carbocycles. The van der Waals surface area contributed by atoms with Gasteiger partial charge in [-0.2, -0.15) is 5.26 Å². The van der Waals surface area contributed by atoms with E-state index in [9.17, 15) is 0 Å². The molecule has 3 heteroatoms. The molecule has 0 radical (unpaired) electrons.